The maximum Gasteiger partial charge on any atom is 0.315 e. The van der Waals surface area contributed by atoms with Gasteiger partial charge in [-0.05, 0) is 43.1 Å². The predicted octanol–water partition coefficient (Wildman–Crippen LogP) is 2.86. The Balaban J connectivity index is 1.64. The molecule has 102 valence electrons. The smallest absolute Gasteiger partial charge is 0.315 e. The second-order valence-corrected chi connectivity index (χ2v) is 6.56. The lowest BCUT2D eigenvalue weighted by Crippen LogP contribution is -2.48. The van der Waals surface area contributed by atoms with Gasteiger partial charge in [0.15, 0.2) is 0 Å². The molecule has 0 atom stereocenters. The highest BCUT2D eigenvalue weighted by Crippen LogP contribution is 2.43. The molecule has 1 aromatic carbocycles. The van der Waals surface area contributed by atoms with E-state index in [-0.39, 0.29) is 11.6 Å². The zero-order valence-electron chi connectivity index (χ0n) is 11.5. The van der Waals surface area contributed by atoms with E-state index in [2.05, 4.69) is 47.9 Å². The number of rotatable bonds is 2. The largest absolute Gasteiger partial charge is 0.336 e. The van der Waals surface area contributed by atoms with E-state index in [0.29, 0.717) is 5.41 Å². The third kappa shape index (κ3) is 2.60. The van der Waals surface area contributed by atoms with E-state index >= 15 is 0 Å². The molecule has 0 radical (unpaired) electrons. The van der Waals surface area contributed by atoms with E-state index in [1.807, 2.05) is 0 Å². The first-order chi connectivity index (χ1) is 9.09. The summed E-state index contributed by atoms with van der Waals surface area (Å²) in [6, 6.07) is 10.7. The zero-order chi connectivity index (χ0) is 13.3. The molecule has 2 amide bonds. The molecule has 1 heterocycles. The van der Waals surface area contributed by atoms with Crippen LogP contribution in [0, 0.1) is 5.41 Å². The fourth-order valence-corrected chi connectivity index (χ4v) is 3.48. The van der Waals surface area contributed by atoms with Crippen LogP contribution < -0.4 is 10.6 Å². The lowest BCUT2D eigenvalue weighted by atomic mass is 9.66. The van der Waals surface area contributed by atoms with Crippen LogP contribution in [0.1, 0.15) is 38.2 Å². The molecular formula is C16H22N2O. The molecule has 1 aliphatic carbocycles. The van der Waals surface area contributed by atoms with E-state index < -0.39 is 0 Å². The maximum absolute atomic E-state index is 11.3. The molecule has 0 aromatic heterocycles. The summed E-state index contributed by atoms with van der Waals surface area (Å²) < 4.78 is 0. The highest BCUT2D eigenvalue weighted by Gasteiger charge is 2.44. The molecule has 19 heavy (non-hydrogen) atoms. The van der Waals surface area contributed by atoms with Gasteiger partial charge in [0.25, 0.3) is 0 Å². The van der Waals surface area contributed by atoms with E-state index in [4.69, 9.17) is 0 Å². The van der Waals surface area contributed by atoms with E-state index in [9.17, 15) is 4.79 Å². The number of benzene rings is 1. The first kappa shape index (κ1) is 12.5. The van der Waals surface area contributed by atoms with Crippen molar-refractivity contribution >= 4 is 6.03 Å². The second-order valence-electron chi connectivity index (χ2n) is 6.56. The number of nitrogens with one attached hydrogen (secondary N) is 2. The standard InChI is InChI=1S/C16H22N2O/c1-15(11-13-5-3-2-4-6-13)7-9-16(10-8-15)12-17-14(19)18-16/h2-6H,7-12H2,1H3,(H2,17,18,19). The lowest BCUT2D eigenvalue weighted by Gasteiger charge is -2.42. The van der Waals surface area contributed by atoms with Crippen LogP contribution in [0.2, 0.25) is 0 Å². The lowest BCUT2D eigenvalue weighted by molar-refractivity contribution is 0.141. The van der Waals surface area contributed by atoms with Gasteiger partial charge in [0.1, 0.15) is 0 Å². The number of hydrogen-bond acceptors (Lipinski definition) is 1. The van der Waals surface area contributed by atoms with E-state index in [1.165, 1.54) is 18.4 Å². The molecule has 2 aliphatic rings. The van der Waals surface area contributed by atoms with Crippen LogP contribution in [0.3, 0.4) is 0 Å². The van der Waals surface area contributed by atoms with Crippen molar-refractivity contribution in [2.45, 2.75) is 44.6 Å². The minimum atomic E-state index is 0.00617. The van der Waals surface area contributed by atoms with Gasteiger partial charge in [-0.1, -0.05) is 37.3 Å². The van der Waals surface area contributed by atoms with Gasteiger partial charge in [-0.15, -0.1) is 0 Å². The van der Waals surface area contributed by atoms with Crippen LogP contribution in [-0.2, 0) is 6.42 Å². The minimum Gasteiger partial charge on any atom is -0.336 e. The molecule has 0 unspecified atom stereocenters. The summed E-state index contributed by atoms with van der Waals surface area (Å²) >= 11 is 0. The third-order valence-electron chi connectivity index (χ3n) is 4.85. The summed E-state index contributed by atoms with van der Waals surface area (Å²) in [5, 5.41) is 6.03. The van der Waals surface area contributed by atoms with Crippen molar-refractivity contribution < 1.29 is 4.79 Å². The molecule has 2 fully saturated rings. The Morgan fingerprint density at radius 1 is 1.11 bits per heavy atom. The van der Waals surface area contributed by atoms with Crippen LogP contribution >= 0.6 is 0 Å². The van der Waals surface area contributed by atoms with E-state index in [1.54, 1.807) is 0 Å². The van der Waals surface area contributed by atoms with Crippen LogP contribution in [-0.4, -0.2) is 18.1 Å². The summed E-state index contributed by atoms with van der Waals surface area (Å²) in [4.78, 5) is 11.3. The minimum absolute atomic E-state index is 0.00617. The Bertz CT molecular complexity index is 461. The van der Waals surface area contributed by atoms with Crippen LogP contribution in [0.4, 0.5) is 4.79 Å². The number of carbonyl (C=O) groups excluding carboxylic acids is 1. The monoisotopic (exact) mass is 258 g/mol. The van der Waals surface area contributed by atoms with Gasteiger partial charge < -0.3 is 10.6 Å². The Hall–Kier alpha value is -1.51. The fourth-order valence-electron chi connectivity index (χ4n) is 3.48. The molecule has 1 aliphatic heterocycles. The third-order valence-corrected chi connectivity index (χ3v) is 4.85. The van der Waals surface area contributed by atoms with Gasteiger partial charge in [0, 0.05) is 6.54 Å². The van der Waals surface area contributed by atoms with Crippen molar-refractivity contribution in [3.05, 3.63) is 35.9 Å². The summed E-state index contributed by atoms with van der Waals surface area (Å²) in [5.41, 5.74) is 1.84. The van der Waals surface area contributed by atoms with E-state index in [0.717, 1.165) is 25.8 Å². The number of carbonyl (C=O) groups is 1. The molecule has 3 rings (SSSR count). The number of urea groups is 1. The van der Waals surface area contributed by atoms with Gasteiger partial charge in [-0.2, -0.15) is 0 Å². The maximum atomic E-state index is 11.3. The highest BCUT2D eigenvalue weighted by molar-refractivity contribution is 5.77. The Morgan fingerprint density at radius 2 is 1.79 bits per heavy atom. The van der Waals surface area contributed by atoms with Gasteiger partial charge in [-0.3, -0.25) is 0 Å². The normalized spacial score (nSPS) is 34.1. The van der Waals surface area contributed by atoms with Crippen LogP contribution in [0.25, 0.3) is 0 Å². The van der Waals surface area contributed by atoms with Crippen molar-refractivity contribution in [2.75, 3.05) is 6.54 Å². The average Bonchev–Trinajstić information content (AvgIpc) is 2.77. The number of amides is 2. The van der Waals surface area contributed by atoms with Crippen molar-refractivity contribution in [1.82, 2.24) is 10.6 Å². The van der Waals surface area contributed by atoms with Crippen molar-refractivity contribution in [3.8, 4) is 0 Å². The predicted molar refractivity (Wildman–Crippen MR) is 76.0 cm³/mol. The molecule has 1 saturated heterocycles. The number of hydrogen-bond donors (Lipinski definition) is 2. The quantitative estimate of drug-likeness (QED) is 0.841. The van der Waals surface area contributed by atoms with Gasteiger partial charge >= 0.3 is 6.03 Å². The molecule has 3 heteroatoms. The first-order valence-electron chi connectivity index (χ1n) is 7.19. The SMILES string of the molecule is CC1(Cc2ccccc2)CCC2(CC1)CNC(=O)N2. The van der Waals surface area contributed by atoms with Crippen molar-refractivity contribution in [1.29, 1.82) is 0 Å². The molecule has 3 nitrogen and oxygen atoms in total. The summed E-state index contributed by atoms with van der Waals surface area (Å²) in [7, 11) is 0. The van der Waals surface area contributed by atoms with Crippen molar-refractivity contribution in [2.24, 2.45) is 5.41 Å². The van der Waals surface area contributed by atoms with Gasteiger partial charge in [0.2, 0.25) is 0 Å². The molecule has 1 spiro atoms. The Kier molecular flexibility index (Phi) is 3.00. The topological polar surface area (TPSA) is 41.1 Å². The molecule has 1 aromatic rings. The summed E-state index contributed by atoms with van der Waals surface area (Å²) in [6.07, 6.45) is 5.70. The summed E-state index contributed by atoms with van der Waals surface area (Å²) in [6.45, 7) is 3.18. The molecule has 2 N–H and O–H groups in total. The molecule has 0 bridgehead atoms. The van der Waals surface area contributed by atoms with Crippen LogP contribution in [0.15, 0.2) is 30.3 Å². The van der Waals surface area contributed by atoms with Gasteiger partial charge in [-0.25, -0.2) is 4.79 Å². The Morgan fingerprint density at radius 3 is 2.37 bits per heavy atom. The molecule has 1 saturated carbocycles. The summed E-state index contributed by atoms with van der Waals surface area (Å²) in [5.74, 6) is 0. The average molecular weight is 258 g/mol. The second kappa shape index (κ2) is 4.55. The fraction of sp³-hybridized carbons (Fsp3) is 0.562. The van der Waals surface area contributed by atoms with Gasteiger partial charge in [0.05, 0.1) is 5.54 Å². The highest BCUT2D eigenvalue weighted by atomic mass is 16.2. The first-order valence-corrected chi connectivity index (χ1v) is 7.19. The molecular weight excluding hydrogens is 236 g/mol. The zero-order valence-corrected chi connectivity index (χ0v) is 11.5. The van der Waals surface area contributed by atoms with Crippen LogP contribution in [0.5, 0.6) is 0 Å². The Labute approximate surface area is 114 Å². The van der Waals surface area contributed by atoms with Crippen molar-refractivity contribution in [3.63, 3.8) is 0 Å².